The molecule has 0 saturated heterocycles. The number of rotatable bonds is 8. The van der Waals surface area contributed by atoms with Crippen molar-refractivity contribution in [2.75, 3.05) is 0 Å². The molecule has 0 spiro atoms. The number of aromatic nitrogens is 2. The molecule has 2 aliphatic carbocycles. The van der Waals surface area contributed by atoms with Crippen LogP contribution in [0.15, 0.2) is 60.8 Å². The van der Waals surface area contributed by atoms with Gasteiger partial charge in [-0.05, 0) is 80.8 Å². The first kappa shape index (κ1) is 24.1. The maximum Gasteiger partial charge on any atom is 0.435 e. The summed E-state index contributed by atoms with van der Waals surface area (Å²) in [5.74, 6) is 0.850. The minimum atomic E-state index is -0.486. The predicted molar refractivity (Wildman–Crippen MR) is 136 cm³/mol. The minimum Gasteiger partial charge on any atom is -0.491 e. The second-order valence-corrected chi connectivity index (χ2v) is 9.79. The van der Waals surface area contributed by atoms with E-state index >= 15 is 0 Å². The Morgan fingerprint density at radius 3 is 2.50 bits per heavy atom. The zero-order valence-corrected chi connectivity index (χ0v) is 20.9. The molecule has 7 heteroatoms. The largest absolute Gasteiger partial charge is 0.491 e. The molecule has 1 fully saturated rings. The standard InChI is InChI=1S/C29H33N3O4/c1-3-20(2)36-26-14-9-22(10-15-26)28(33)32(24-11-12-24)25-13-16-27-23(17-25)18-31(30-27)29(34)35-19-21-7-5-4-6-8-21/h4-10,14-15,18,20,24-25H,3,11-13,16-17,19H2,1-2H3/t20-,25?/m0/s1. The second kappa shape index (κ2) is 10.6. The van der Waals surface area contributed by atoms with Gasteiger partial charge in [-0.2, -0.15) is 9.78 Å². The third-order valence-corrected chi connectivity index (χ3v) is 7.02. The molecule has 5 rings (SSSR count). The molecule has 0 bridgehead atoms. The summed E-state index contributed by atoms with van der Waals surface area (Å²) in [5.41, 5.74) is 3.54. The number of hydrogen-bond acceptors (Lipinski definition) is 5. The Hall–Kier alpha value is -3.61. The van der Waals surface area contributed by atoms with E-state index in [9.17, 15) is 9.59 Å². The molecular formula is C29H33N3O4. The van der Waals surface area contributed by atoms with Gasteiger partial charge in [-0.25, -0.2) is 4.79 Å². The van der Waals surface area contributed by atoms with E-state index < -0.39 is 6.09 Å². The van der Waals surface area contributed by atoms with Crippen molar-refractivity contribution in [2.45, 2.75) is 77.2 Å². The van der Waals surface area contributed by atoms with Gasteiger partial charge < -0.3 is 14.4 Å². The summed E-state index contributed by atoms with van der Waals surface area (Å²) >= 11 is 0. The summed E-state index contributed by atoms with van der Waals surface area (Å²) in [4.78, 5) is 28.2. The van der Waals surface area contributed by atoms with Crippen LogP contribution >= 0.6 is 0 Å². The lowest BCUT2D eigenvalue weighted by Crippen LogP contribution is -2.44. The number of carbonyl (C=O) groups excluding carboxylic acids is 2. The average molecular weight is 488 g/mol. The van der Waals surface area contributed by atoms with Crippen molar-refractivity contribution in [2.24, 2.45) is 0 Å². The van der Waals surface area contributed by atoms with E-state index in [2.05, 4.69) is 16.9 Å². The maximum absolute atomic E-state index is 13.6. The lowest BCUT2D eigenvalue weighted by molar-refractivity contribution is 0.0642. The highest BCUT2D eigenvalue weighted by Crippen LogP contribution is 2.35. The van der Waals surface area contributed by atoms with Crippen LogP contribution in [0.5, 0.6) is 5.75 Å². The maximum atomic E-state index is 13.6. The molecule has 2 atom stereocenters. The molecular weight excluding hydrogens is 454 g/mol. The monoisotopic (exact) mass is 487 g/mol. The van der Waals surface area contributed by atoms with E-state index in [4.69, 9.17) is 9.47 Å². The summed E-state index contributed by atoms with van der Waals surface area (Å²) in [6.45, 7) is 4.33. The first-order valence-electron chi connectivity index (χ1n) is 12.9. The van der Waals surface area contributed by atoms with Crippen LogP contribution in [0.1, 0.15) is 66.7 Å². The molecule has 7 nitrogen and oxygen atoms in total. The predicted octanol–water partition coefficient (Wildman–Crippen LogP) is 5.41. The van der Waals surface area contributed by atoms with Crippen LogP contribution < -0.4 is 4.74 Å². The SMILES string of the molecule is CC[C@H](C)Oc1ccc(C(=O)N(C2CC2)C2CCc3nn(C(=O)OCc4ccccc4)cc3C2)cc1. The average Bonchev–Trinajstić information content (AvgIpc) is 3.65. The van der Waals surface area contributed by atoms with Crippen LogP contribution in [0.3, 0.4) is 0 Å². The number of benzene rings is 2. The zero-order valence-electron chi connectivity index (χ0n) is 20.9. The van der Waals surface area contributed by atoms with Crippen molar-refractivity contribution in [3.05, 3.63) is 83.2 Å². The first-order valence-corrected chi connectivity index (χ1v) is 12.9. The summed E-state index contributed by atoms with van der Waals surface area (Å²) in [5, 5.41) is 4.49. The summed E-state index contributed by atoms with van der Waals surface area (Å²) in [6, 6.07) is 17.5. The van der Waals surface area contributed by atoms with Gasteiger partial charge in [0, 0.05) is 23.8 Å². The molecule has 1 heterocycles. The van der Waals surface area contributed by atoms with Gasteiger partial charge in [-0.15, -0.1) is 0 Å². The van der Waals surface area contributed by atoms with E-state index in [1.807, 2.05) is 61.5 Å². The van der Waals surface area contributed by atoms with Gasteiger partial charge in [-0.1, -0.05) is 37.3 Å². The quantitative estimate of drug-likeness (QED) is 0.425. The summed E-state index contributed by atoms with van der Waals surface area (Å²) in [6.07, 6.45) is 6.69. The molecule has 3 aromatic rings. The van der Waals surface area contributed by atoms with Gasteiger partial charge in [0.15, 0.2) is 0 Å². The third-order valence-electron chi connectivity index (χ3n) is 7.02. The van der Waals surface area contributed by atoms with E-state index in [0.29, 0.717) is 12.0 Å². The van der Waals surface area contributed by atoms with Crippen LogP contribution in [0.2, 0.25) is 0 Å². The number of carbonyl (C=O) groups is 2. The fourth-order valence-electron chi connectivity index (χ4n) is 4.73. The van der Waals surface area contributed by atoms with Gasteiger partial charge in [-0.3, -0.25) is 4.79 Å². The molecule has 0 N–H and O–H groups in total. The molecule has 1 aromatic heterocycles. The lowest BCUT2D eigenvalue weighted by Gasteiger charge is -2.34. The highest BCUT2D eigenvalue weighted by atomic mass is 16.6. The summed E-state index contributed by atoms with van der Waals surface area (Å²) < 4.78 is 12.6. The molecule has 1 saturated carbocycles. The van der Waals surface area contributed by atoms with Gasteiger partial charge >= 0.3 is 6.09 Å². The molecule has 0 radical (unpaired) electrons. The smallest absolute Gasteiger partial charge is 0.435 e. The van der Waals surface area contributed by atoms with Crippen molar-refractivity contribution in [1.29, 1.82) is 0 Å². The Kier molecular flexibility index (Phi) is 7.07. The van der Waals surface area contributed by atoms with Gasteiger partial charge in [0.25, 0.3) is 5.91 Å². The third kappa shape index (κ3) is 5.45. The van der Waals surface area contributed by atoms with Crippen molar-refractivity contribution < 1.29 is 19.1 Å². The molecule has 188 valence electrons. The van der Waals surface area contributed by atoms with Crippen LogP contribution in [0, 0.1) is 0 Å². The molecule has 1 unspecified atom stereocenters. The number of aryl methyl sites for hydroxylation is 1. The van der Waals surface area contributed by atoms with Crippen LogP contribution in [-0.4, -0.2) is 44.9 Å². The van der Waals surface area contributed by atoms with E-state index in [-0.39, 0.29) is 30.7 Å². The van der Waals surface area contributed by atoms with Crippen molar-refractivity contribution in [1.82, 2.24) is 14.7 Å². The van der Waals surface area contributed by atoms with E-state index in [1.54, 1.807) is 6.20 Å². The highest BCUT2D eigenvalue weighted by molar-refractivity contribution is 5.95. The van der Waals surface area contributed by atoms with Crippen molar-refractivity contribution in [3.8, 4) is 5.75 Å². The summed E-state index contributed by atoms with van der Waals surface area (Å²) in [7, 11) is 0. The Bertz CT molecular complexity index is 1200. The molecule has 2 aliphatic rings. The Balaban J connectivity index is 1.25. The minimum absolute atomic E-state index is 0.0655. The molecule has 2 aromatic carbocycles. The fourth-order valence-corrected chi connectivity index (χ4v) is 4.73. The highest BCUT2D eigenvalue weighted by Gasteiger charge is 2.39. The number of hydrogen-bond donors (Lipinski definition) is 0. The topological polar surface area (TPSA) is 73.7 Å². The molecule has 0 aliphatic heterocycles. The van der Waals surface area contributed by atoms with Crippen LogP contribution in [0.25, 0.3) is 0 Å². The van der Waals surface area contributed by atoms with Gasteiger partial charge in [0.05, 0.1) is 11.8 Å². The molecule has 1 amide bonds. The van der Waals surface area contributed by atoms with Crippen molar-refractivity contribution in [3.63, 3.8) is 0 Å². The number of fused-ring (bicyclic) bond motifs is 1. The van der Waals surface area contributed by atoms with Crippen LogP contribution in [0.4, 0.5) is 4.79 Å². The Morgan fingerprint density at radius 1 is 1.06 bits per heavy atom. The first-order chi connectivity index (χ1) is 17.5. The molecule has 36 heavy (non-hydrogen) atoms. The second-order valence-electron chi connectivity index (χ2n) is 9.79. The van der Waals surface area contributed by atoms with Crippen LogP contribution in [-0.2, 0) is 24.2 Å². The Morgan fingerprint density at radius 2 is 1.81 bits per heavy atom. The Labute approximate surface area is 212 Å². The van der Waals surface area contributed by atoms with Gasteiger partial charge in [0.2, 0.25) is 0 Å². The van der Waals surface area contributed by atoms with Gasteiger partial charge in [0.1, 0.15) is 12.4 Å². The van der Waals surface area contributed by atoms with E-state index in [1.165, 1.54) is 4.68 Å². The van der Waals surface area contributed by atoms with E-state index in [0.717, 1.165) is 54.7 Å². The zero-order chi connectivity index (χ0) is 25.1. The number of ether oxygens (including phenoxy) is 2. The normalized spacial score (nSPS) is 17.7. The van der Waals surface area contributed by atoms with Crippen molar-refractivity contribution >= 4 is 12.0 Å². The number of nitrogens with zero attached hydrogens (tertiary/aromatic N) is 3. The number of amides is 1. The fraction of sp³-hybridized carbons (Fsp3) is 0.414. The lowest BCUT2D eigenvalue weighted by atomic mass is 9.91.